The Labute approximate surface area is 130 Å². The Balaban J connectivity index is 1.93. The zero-order valence-corrected chi connectivity index (χ0v) is 14.1. The van der Waals surface area contributed by atoms with E-state index in [1.807, 2.05) is 25.1 Å². The van der Waals surface area contributed by atoms with Crippen LogP contribution < -0.4 is 10.6 Å². The fourth-order valence-corrected chi connectivity index (χ4v) is 3.03. The van der Waals surface area contributed by atoms with Gasteiger partial charge in [0.15, 0.2) is 0 Å². The Morgan fingerprint density at radius 3 is 2.68 bits per heavy atom. The Morgan fingerprint density at radius 1 is 1.32 bits per heavy atom. The summed E-state index contributed by atoms with van der Waals surface area (Å²) in [5.74, 6) is 0.0683. The lowest BCUT2D eigenvalue weighted by molar-refractivity contribution is -0.122. The van der Waals surface area contributed by atoms with E-state index in [4.69, 9.17) is 0 Å². The smallest absolute Gasteiger partial charge is 0.242 e. The van der Waals surface area contributed by atoms with Gasteiger partial charge >= 0.3 is 0 Å². The van der Waals surface area contributed by atoms with E-state index in [0.717, 1.165) is 27.5 Å². The number of hydrogen-bond acceptors (Lipinski definition) is 2. The van der Waals surface area contributed by atoms with E-state index in [9.17, 15) is 4.79 Å². The molecule has 1 aromatic rings. The molecule has 2 N–H and O–H groups in total. The van der Waals surface area contributed by atoms with E-state index in [1.165, 1.54) is 12.8 Å². The summed E-state index contributed by atoms with van der Waals surface area (Å²) in [4.78, 5) is 12.1. The summed E-state index contributed by atoms with van der Waals surface area (Å²) in [6.07, 6.45) is 4.67. The summed E-state index contributed by atoms with van der Waals surface area (Å²) in [5.41, 5.74) is 0.920. The number of carbonyl (C=O) groups excluding carboxylic acids is 1. The Hall–Kier alpha value is -0.550. The van der Waals surface area contributed by atoms with E-state index in [-0.39, 0.29) is 11.9 Å². The zero-order chi connectivity index (χ0) is 13.8. The predicted molar refractivity (Wildman–Crippen MR) is 85.3 cm³/mol. The average Bonchev–Trinajstić information content (AvgIpc) is 2.86. The molecule has 1 aliphatic rings. The normalized spacial score (nSPS) is 17.2. The fourth-order valence-electron chi connectivity index (χ4n) is 2.30. The van der Waals surface area contributed by atoms with Crippen LogP contribution in [0.2, 0.25) is 0 Å². The van der Waals surface area contributed by atoms with Gasteiger partial charge in [-0.1, -0.05) is 28.8 Å². The molecule has 2 rings (SSSR count). The molecule has 0 aromatic heterocycles. The van der Waals surface area contributed by atoms with Crippen LogP contribution in [-0.4, -0.2) is 18.0 Å². The first-order valence-electron chi connectivity index (χ1n) is 6.58. The molecule has 104 valence electrons. The summed E-state index contributed by atoms with van der Waals surface area (Å²) >= 11 is 6.91. The molecule has 0 aliphatic heterocycles. The average molecular weight is 390 g/mol. The fraction of sp³-hybridized carbons (Fsp3) is 0.500. The molecule has 1 fully saturated rings. The second kappa shape index (κ2) is 6.75. The highest BCUT2D eigenvalue weighted by molar-refractivity contribution is 9.11. The van der Waals surface area contributed by atoms with Crippen molar-refractivity contribution in [1.82, 2.24) is 5.32 Å². The molecule has 1 aliphatic carbocycles. The van der Waals surface area contributed by atoms with Gasteiger partial charge in [0.25, 0.3) is 0 Å². The molecule has 19 heavy (non-hydrogen) atoms. The topological polar surface area (TPSA) is 41.1 Å². The van der Waals surface area contributed by atoms with Crippen LogP contribution in [0, 0.1) is 0 Å². The molecule has 5 heteroatoms. The van der Waals surface area contributed by atoms with E-state index in [0.29, 0.717) is 6.04 Å². The second-order valence-corrected chi connectivity index (χ2v) is 6.75. The van der Waals surface area contributed by atoms with Gasteiger partial charge in [-0.05, 0) is 53.9 Å². The molecule has 0 heterocycles. The van der Waals surface area contributed by atoms with Crippen LogP contribution in [0.1, 0.15) is 32.6 Å². The van der Waals surface area contributed by atoms with Crippen molar-refractivity contribution in [1.29, 1.82) is 0 Å². The minimum absolute atomic E-state index is 0.0683. The molecule has 0 spiro atoms. The Bertz CT molecular complexity index is 459. The van der Waals surface area contributed by atoms with Gasteiger partial charge in [0, 0.05) is 15.0 Å². The monoisotopic (exact) mass is 388 g/mol. The lowest BCUT2D eigenvalue weighted by Crippen LogP contribution is -2.42. The Kier molecular flexibility index (Phi) is 5.28. The number of rotatable bonds is 4. The SMILES string of the molecule is CC(Nc1cc(Br)ccc1Br)C(=O)NC1CCCC1. The van der Waals surface area contributed by atoms with Crippen LogP contribution in [0.3, 0.4) is 0 Å². The van der Waals surface area contributed by atoms with Crippen molar-refractivity contribution in [2.45, 2.75) is 44.7 Å². The lowest BCUT2D eigenvalue weighted by Gasteiger charge is -2.19. The summed E-state index contributed by atoms with van der Waals surface area (Å²) in [5, 5.41) is 6.34. The highest BCUT2D eigenvalue weighted by Gasteiger charge is 2.20. The maximum absolute atomic E-state index is 12.1. The maximum Gasteiger partial charge on any atom is 0.242 e. The van der Waals surface area contributed by atoms with Crippen LogP contribution in [0.15, 0.2) is 27.1 Å². The standard InChI is InChI=1S/C14H18Br2N2O/c1-9(14(19)18-11-4-2-3-5-11)17-13-8-10(15)6-7-12(13)16/h6-9,11,17H,2-5H2,1H3,(H,18,19). The van der Waals surface area contributed by atoms with E-state index in [1.54, 1.807) is 0 Å². The molecule has 1 aromatic carbocycles. The quantitative estimate of drug-likeness (QED) is 0.814. The van der Waals surface area contributed by atoms with Crippen molar-refractivity contribution in [3.8, 4) is 0 Å². The molecule has 3 nitrogen and oxygen atoms in total. The predicted octanol–water partition coefficient (Wildman–Crippen LogP) is 4.07. The molecule has 0 bridgehead atoms. The third kappa shape index (κ3) is 4.21. The van der Waals surface area contributed by atoms with Crippen LogP contribution >= 0.6 is 31.9 Å². The van der Waals surface area contributed by atoms with E-state index >= 15 is 0 Å². The van der Waals surface area contributed by atoms with Gasteiger partial charge < -0.3 is 10.6 Å². The van der Waals surface area contributed by atoms with Crippen molar-refractivity contribution < 1.29 is 4.79 Å². The molecular weight excluding hydrogens is 372 g/mol. The number of anilines is 1. The van der Waals surface area contributed by atoms with E-state index in [2.05, 4.69) is 42.5 Å². The summed E-state index contributed by atoms with van der Waals surface area (Å²) < 4.78 is 1.94. The van der Waals surface area contributed by atoms with Crippen molar-refractivity contribution in [2.75, 3.05) is 5.32 Å². The Morgan fingerprint density at radius 2 is 2.00 bits per heavy atom. The number of halogens is 2. The highest BCUT2D eigenvalue weighted by Crippen LogP contribution is 2.26. The van der Waals surface area contributed by atoms with Crippen molar-refractivity contribution in [3.63, 3.8) is 0 Å². The maximum atomic E-state index is 12.1. The third-order valence-electron chi connectivity index (χ3n) is 3.40. The van der Waals surface area contributed by atoms with Crippen molar-refractivity contribution in [2.24, 2.45) is 0 Å². The van der Waals surface area contributed by atoms with Crippen molar-refractivity contribution in [3.05, 3.63) is 27.1 Å². The summed E-state index contributed by atoms with van der Waals surface area (Å²) in [6, 6.07) is 5.99. The van der Waals surface area contributed by atoms with Crippen LogP contribution in [-0.2, 0) is 4.79 Å². The largest absolute Gasteiger partial charge is 0.373 e. The first-order chi connectivity index (χ1) is 9.06. The highest BCUT2D eigenvalue weighted by atomic mass is 79.9. The first-order valence-corrected chi connectivity index (χ1v) is 8.17. The number of nitrogens with one attached hydrogen (secondary N) is 2. The molecule has 1 amide bonds. The zero-order valence-electron chi connectivity index (χ0n) is 10.9. The summed E-state index contributed by atoms with van der Waals surface area (Å²) in [7, 11) is 0. The van der Waals surface area contributed by atoms with Crippen LogP contribution in [0.25, 0.3) is 0 Å². The van der Waals surface area contributed by atoms with Gasteiger partial charge in [-0.2, -0.15) is 0 Å². The second-order valence-electron chi connectivity index (χ2n) is 4.98. The van der Waals surface area contributed by atoms with Gasteiger partial charge in [0.05, 0.1) is 5.69 Å². The minimum Gasteiger partial charge on any atom is -0.373 e. The molecule has 0 saturated heterocycles. The van der Waals surface area contributed by atoms with Gasteiger partial charge in [-0.3, -0.25) is 4.79 Å². The number of benzene rings is 1. The van der Waals surface area contributed by atoms with Gasteiger partial charge in [-0.15, -0.1) is 0 Å². The van der Waals surface area contributed by atoms with Crippen LogP contribution in [0.5, 0.6) is 0 Å². The number of carbonyl (C=O) groups is 1. The van der Waals surface area contributed by atoms with Crippen LogP contribution in [0.4, 0.5) is 5.69 Å². The lowest BCUT2D eigenvalue weighted by atomic mass is 10.2. The molecule has 1 saturated carbocycles. The minimum atomic E-state index is -0.244. The van der Waals surface area contributed by atoms with Gasteiger partial charge in [-0.25, -0.2) is 0 Å². The number of amides is 1. The summed E-state index contributed by atoms with van der Waals surface area (Å²) in [6.45, 7) is 1.89. The molecular formula is C14H18Br2N2O. The van der Waals surface area contributed by atoms with Gasteiger partial charge in [0.1, 0.15) is 6.04 Å². The third-order valence-corrected chi connectivity index (χ3v) is 4.58. The van der Waals surface area contributed by atoms with Crippen molar-refractivity contribution >= 4 is 43.5 Å². The van der Waals surface area contributed by atoms with E-state index < -0.39 is 0 Å². The molecule has 0 radical (unpaired) electrons. The molecule has 1 unspecified atom stereocenters. The first kappa shape index (κ1) is 14.9. The number of hydrogen-bond donors (Lipinski definition) is 2. The van der Waals surface area contributed by atoms with Gasteiger partial charge in [0.2, 0.25) is 5.91 Å². The molecule has 1 atom stereocenters.